The maximum atomic E-state index is 12.8. The van der Waals surface area contributed by atoms with Gasteiger partial charge in [-0.25, -0.2) is 0 Å². The Morgan fingerprint density at radius 3 is 2.35 bits per heavy atom. The molecule has 134 valence electrons. The second-order valence-electron chi connectivity index (χ2n) is 5.50. The monoisotopic (exact) mass is 387 g/mol. The van der Waals surface area contributed by atoms with E-state index in [4.69, 9.17) is 21.1 Å². The third-order valence-corrected chi connectivity index (χ3v) is 4.87. The van der Waals surface area contributed by atoms with Crippen molar-refractivity contribution in [1.29, 1.82) is 0 Å². The van der Waals surface area contributed by atoms with Crippen molar-refractivity contribution in [2.24, 2.45) is 0 Å². The number of methoxy groups -OCH3 is 1. The van der Waals surface area contributed by atoms with Crippen LogP contribution in [0.25, 0.3) is 0 Å². The lowest BCUT2D eigenvalue weighted by Crippen LogP contribution is -2.34. The lowest BCUT2D eigenvalue weighted by Gasteiger charge is -2.22. The van der Waals surface area contributed by atoms with Crippen molar-refractivity contribution in [2.75, 3.05) is 18.6 Å². The number of rotatable bonds is 7. The van der Waals surface area contributed by atoms with E-state index in [1.54, 1.807) is 59.7 Å². The molecule has 1 heterocycles. The van der Waals surface area contributed by atoms with Crippen molar-refractivity contribution >= 4 is 34.5 Å². The minimum absolute atomic E-state index is 0.0552. The standard InChI is InChI=1S/C20H18ClNO3S/c1-24-17-8-10-18(11-9-17)25-14-20(23)22(13-19-3-2-12-26-19)16-6-4-15(21)5-7-16/h2-12H,13-14H2,1H3. The van der Waals surface area contributed by atoms with Crippen LogP contribution >= 0.6 is 22.9 Å². The number of ether oxygens (including phenoxy) is 2. The topological polar surface area (TPSA) is 38.8 Å². The molecule has 3 aromatic rings. The molecule has 0 radical (unpaired) electrons. The van der Waals surface area contributed by atoms with Gasteiger partial charge >= 0.3 is 0 Å². The number of thiophene rings is 1. The maximum Gasteiger partial charge on any atom is 0.265 e. The number of nitrogens with zero attached hydrogens (tertiary/aromatic N) is 1. The Kier molecular flexibility index (Phi) is 6.15. The highest BCUT2D eigenvalue weighted by Crippen LogP contribution is 2.23. The van der Waals surface area contributed by atoms with Gasteiger partial charge in [-0.15, -0.1) is 11.3 Å². The zero-order chi connectivity index (χ0) is 18.4. The molecule has 0 unspecified atom stereocenters. The summed E-state index contributed by atoms with van der Waals surface area (Å²) in [4.78, 5) is 15.6. The van der Waals surface area contributed by atoms with Gasteiger partial charge in [0.1, 0.15) is 11.5 Å². The molecule has 0 spiro atoms. The van der Waals surface area contributed by atoms with E-state index in [1.807, 2.05) is 29.6 Å². The van der Waals surface area contributed by atoms with Crippen LogP contribution in [0, 0.1) is 0 Å². The summed E-state index contributed by atoms with van der Waals surface area (Å²) in [6.45, 7) is 0.435. The lowest BCUT2D eigenvalue weighted by molar-refractivity contribution is -0.120. The van der Waals surface area contributed by atoms with Crippen molar-refractivity contribution in [3.63, 3.8) is 0 Å². The SMILES string of the molecule is COc1ccc(OCC(=O)N(Cc2cccs2)c2ccc(Cl)cc2)cc1. The average Bonchev–Trinajstić information content (AvgIpc) is 3.19. The zero-order valence-electron chi connectivity index (χ0n) is 14.2. The maximum absolute atomic E-state index is 12.8. The van der Waals surface area contributed by atoms with Crippen LogP contribution in [-0.2, 0) is 11.3 Å². The smallest absolute Gasteiger partial charge is 0.265 e. The van der Waals surface area contributed by atoms with Crippen LogP contribution in [0.2, 0.25) is 5.02 Å². The Bertz CT molecular complexity index is 833. The predicted octanol–water partition coefficient (Wildman–Crippen LogP) is 5.02. The third kappa shape index (κ3) is 4.77. The normalized spacial score (nSPS) is 10.4. The average molecular weight is 388 g/mol. The largest absolute Gasteiger partial charge is 0.497 e. The molecule has 0 N–H and O–H groups in total. The van der Waals surface area contributed by atoms with Crippen LogP contribution in [0.5, 0.6) is 11.5 Å². The molecule has 0 aliphatic heterocycles. The summed E-state index contributed by atoms with van der Waals surface area (Å²) in [5.74, 6) is 1.23. The summed E-state index contributed by atoms with van der Waals surface area (Å²) in [5.41, 5.74) is 0.783. The molecule has 3 rings (SSSR count). The van der Waals surface area contributed by atoms with Crippen molar-refractivity contribution < 1.29 is 14.3 Å². The van der Waals surface area contributed by atoms with E-state index in [1.165, 1.54) is 0 Å². The van der Waals surface area contributed by atoms with Crippen molar-refractivity contribution in [1.82, 2.24) is 0 Å². The quantitative estimate of drug-likeness (QED) is 0.571. The minimum atomic E-state index is -0.128. The molecule has 2 aromatic carbocycles. The van der Waals surface area contributed by atoms with Crippen molar-refractivity contribution in [2.45, 2.75) is 6.54 Å². The first-order chi connectivity index (χ1) is 12.7. The number of carbonyl (C=O) groups is 1. The van der Waals surface area contributed by atoms with Gasteiger partial charge in [0.25, 0.3) is 5.91 Å². The van der Waals surface area contributed by atoms with Crippen LogP contribution in [0.1, 0.15) is 4.88 Å². The second-order valence-corrected chi connectivity index (χ2v) is 6.97. The van der Waals surface area contributed by atoms with E-state index in [9.17, 15) is 4.79 Å². The highest BCUT2D eigenvalue weighted by Gasteiger charge is 2.17. The van der Waals surface area contributed by atoms with Gasteiger partial charge in [-0.2, -0.15) is 0 Å². The number of hydrogen-bond acceptors (Lipinski definition) is 4. The van der Waals surface area contributed by atoms with E-state index in [0.717, 1.165) is 16.3 Å². The van der Waals surface area contributed by atoms with Crippen LogP contribution in [0.3, 0.4) is 0 Å². The Labute approximate surface area is 161 Å². The fraction of sp³-hybridized carbons (Fsp3) is 0.150. The molecule has 1 aromatic heterocycles. The van der Waals surface area contributed by atoms with E-state index in [2.05, 4.69) is 0 Å². The lowest BCUT2D eigenvalue weighted by atomic mass is 10.2. The first kappa shape index (κ1) is 18.3. The van der Waals surface area contributed by atoms with Gasteiger partial charge in [-0.3, -0.25) is 4.79 Å². The molecule has 0 saturated carbocycles. The minimum Gasteiger partial charge on any atom is -0.497 e. The van der Waals surface area contributed by atoms with Gasteiger partial charge in [0.15, 0.2) is 6.61 Å². The summed E-state index contributed by atoms with van der Waals surface area (Å²) in [6, 6.07) is 18.3. The van der Waals surface area contributed by atoms with Gasteiger partial charge in [-0.05, 0) is 60.0 Å². The second kappa shape index (κ2) is 8.74. The highest BCUT2D eigenvalue weighted by molar-refractivity contribution is 7.09. The molecule has 0 saturated heterocycles. The zero-order valence-corrected chi connectivity index (χ0v) is 15.8. The van der Waals surface area contributed by atoms with Gasteiger partial charge in [0, 0.05) is 15.6 Å². The Hall–Kier alpha value is -2.50. The molecule has 6 heteroatoms. The number of carbonyl (C=O) groups excluding carboxylic acids is 1. The van der Waals surface area contributed by atoms with Gasteiger partial charge in [0.2, 0.25) is 0 Å². The van der Waals surface area contributed by atoms with Crippen molar-refractivity contribution in [3.8, 4) is 11.5 Å². The Balaban J connectivity index is 1.72. The molecule has 0 atom stereocenters. The van der Waals surface area contributed by atoms with E-state index in [0.29, 0.717) is 17.3 Å². The van der Waals surface area contributed by atoms with E-state index >= 15 is 0 Å². The molecule has 0 bridgehead atoms. The first-order valence-electron chi connectivity index (χ1n) is 8.01. The molecule has 0 aliphatic rings. The third-order valence-electron chi connectivity index (χ3n) is 3.76. The summed E-state index contributed by atoms with van der Waals surface area (Å²) in [7, 11) is 1.61. The van der Waals surface area contributed by atoms with E-state index in [-0.39, 0.29) is 12.5 Å². The molecular formula is C20H18ClNO3S. The van der Waals surface area contributed by atoms with Crippen LogP contribution in [0.4, 0.5) is 5.69 Å². The fourth-order valence-electron chi connectivity index (χ4n) is 2.40. The molecule has 4 nitrogen and oxygen atoms in total. The van der Waals surface area contributed by atoms with Crippen LogP contribution in [-0.4, -0.2) is 19.6 Å². The summed E-state index contributed by atoms with van der Waals surface area (Å²) in [6.07, 6.45) is 0. The molecular weight excluding hydrogens is 370 g/mol. The highest BCUT2D eigenvalue weighted by atomic mass is 35.5. The van der Waals surface area contributed by atoms with E-state index < -0.39 is 0 Å². The number of amides is 1. The molecule has 26 heavy (non-hydrogen) atoms. The molecule has 1 amide bonds. The number of anilines is 1. The number of hydrogen-bond donors (Lipinski definition) is 0. The van der Waals surface area contributed by atoms with Crippen LogP contribution < -0.4 is 14.4 Å². The first-order valence-corrected chi connectivity index (χ1v) is 9.26. The molecule has 0 aliphatic carbocycles. The Morgan fingerprint density at radius 1 is 1.04 bits per heavy atom. The predicted molar refractivity (Wildman–Crippen MR) is 105 cm³/mol. The molecule has 0 fully saturated rings. The number of halogens is 1. The van der Waals surface area contributed by atoms with Crippen molar-refractivity contribution in [3.05, 3.63) is 75.9 Å². The fourth-order valence-corrected chi connectivity index (χ4v) is 3.22. The van der Waals surface area contributed by atoms with Crippen LogP contribution in [0.15, 0.2) is 66.0 Å². The van der Waals surface area contributed by atoms with Gasteiger partial charge in [-0.1, -0.05) is 17.7 Å². The van der Waals surface area contributed by atoms with Gasteiger partial charge < -0.3 is 14.4 Å². The summed E-state index contributed by atoms with van der Waals surface area (Å²) < 4.78 is 10.8. The number of benzene rings is 2. The van der Waals surface area contributed by atoms with Gasteiger partial charge in [0.05, 0.1) is 13.7 Å². The summed E-state index contributed by atoms with van der Waals surface area (Å²) >= 11 is 7.58. The Morgan fingerprint density at radius 2 is 1.73 bits per heavy atom. The summed E-state index contributed by atoms with van der Waals surface area (Å²) in [5, 5.41) is 2.63.